The molecule has 4 rings (SSSR count). The lowest BCUT2D eigenvalue weighted by molar-refractivity contribution is -0.145. The van der Waals surface area contributed by atoms with Gasteiger partial charge >= 0.3 is 5.97 Å². The lowest BCUT2D eigenvalue weighted by Gasteiger charge is -2.24. The smallest absolute Gasteiger partial charge is 0.328 e. The second-order valence-electron chi connectivity index (χ2n) is 8.38. The van der Waals surface area contributed by atoms with Gasteiger partial charge in [0.05, 0.1) is 7.11 Å². The molecule has 5 nitrogen and oxygen atoms in total. The van der Waals surface area contributed by atoms with E-state index in [4.69, 9.17) is 44.3 Å². The quantitative estimate of drug-likeness (QED) is 0.324. The minimum atomic E-state index is -0.551. The van der Waals surface area contributed by atoms with Crippen LogP contribution in [0, 0.1) is 6.92 Å². The van der Waals surface area contributed by atoms with E-state index in [9.17, 15) is 9.59 Å². The third-order valence-corrected chi connectivity index (χ3v) is 6.89. The van der Waals surface area contributed by atoms with Gasteiger partial charge in [-0.25, -0.2) is 4.79 Å². The predicted molar refractivity (Wildman–Crippen MR) is 138 cm³/mol. The van der Waals surface area contributed by atoms with Crippen molar-refractivity contribution >= 4 is 46.7 Å². The SMILES string of the molecule is COC(=O)[C@@H]1CCCN1C(=O)c1ccc(OC(c2ccc(Cl)cc2)c2ccc(Cl)cc2Cl)c(C)c1. The number of aryl methyl sites for hydroxylation is 1. The minimum Gasteiger partial charge on any atom is -0.481 e. The van der Waals surface area contributed by atoms with Crippen LogP contribution in [-0.4, -0.2) is 36.5 Å². The van der Waals surface area contributed by atoms with Crippen molar-refractivity contribution in [2.75, 3.05) is 13.7 Å². The Morgan fingerprint density at radius 1 is 0.971 bits per heavy atom. The summed E-state index contributed by atoms with van der Waals surface area (Å²) in [6.45, 7) is 2.39. The largest absolute Gasteiger partial charge is 0.481 e. The van der Waals surface area contributed by atoms with E-state index in [1.807, 2.05) is 25.1 Å². The number of likely N-dealkylation sites (tertiary alicyclic amines) is 1. The van der Waals surface area contributed by atoms with E-state index in [0.29, 0.717) is 39.3 Å². The van der Waals surface area contributed by atoms with Gasteiger partial charge in [0.2, 0.25) is 0 Å². The molecular weight excluding hydrogens is 509 g/mol. The first kappa shape index (κ1) is 25.4. The highest BCUT2D eigenvalue weighted by Crippen LogP contribution is 2.36. The standard InChI is InChI=1S/C27H24Cl3NO4/c1-16-14-18(26(32)31-13-3-4-23(31)27(33)34-2)7-12-24(16)35-25(17-5-8-19(28)9-6-17)21-11-10-20(29)15-22(21)30/h5-12,14-15,23,25H,3-4,13H2,1-2H3/t23-,25?/m0/s1. The van der Waals surface area contributed by atoms with Gasteiger partial charge in [0.15, 0.2) is 6.10 Å². The molecule has 35 heavy (non-hydrogen) atoms. The number of esters is 1. The molecule has 1 aliphatic rings. The van der Waals surface area contributed by atoms with Gasteiger partial charge in [-0.15, -0.1) is 0 Å². The van der Waals surface area contributed by atoms with Gasteiger partial charge in [-0.2, -0.15) is 0 Å². The molecule has 3 aromatic carbocycles. The molecular formula is C27H24Cl3NO4. The molecule has 3 aromatic rings. The summed E-state index contributed by atoms with van der Waals surface area (Å²) in [7, 11) is 1.34. The summed E-state index contributed by atoms with van der Waals surface area (Å²) in [6.07, 6.45) is 0.832. The van der Waals surface area contributed by atoms with E-state index in [1.165, 1.54) is 7.11 Å². The van der Waals surface area contributed by atoms with Crippen molar-refractivity contribution in [1.29, 1.82) is 0 Å². The minimum absolute atomic E-state index is 0.206. The summed E-state index contributed by atoms with van der Waals surface area (Å²) in [5, 5.41) is 1.62. The van der Waals surface area contributed by atoms with Crippen LogP contribution >= 0.6 is 34.8 Å². The normalized spacial score (nSPS) is 16.1. The molecule has 0 N–H and O–H groups in total. The van der Waals surface area contributed by atoms with Gasteiger partial charge in [0.1, 0.15) is 11.8 Å². The summed E-state index contributed by atoms with van der Waals surface area (Å²) in [6, 6.07) is 17.3. The van der Waals surface area contributed by atoms with Crippen LogP contribution in [0.25, 0.3) is 0 Å². The maximum Gasteiger partial charge on any atom is 0.328 e. The Labute approximate surface area is 219 Å². The lowest BCUT2D eigenvalue weighted by atomic mass is 10.0. The van der Waals surface area contributed by atoms with Crippen LogP contribution in [-0.2, 0) is 9.53 Å². The fourth-order valence-corrected chi connectivity index (χ4v) is 4.89. The third-order valence-electron chi connectivity index (χ3n) is 6.07. The number of nitrogens with zero attached hydrogens (tertiary/aromatic N) is 1. The van der Waals surface area contributed by atoms with Crippen LogP contribution in [0.4, 0.5) is 0 Å². The summed E-state index contributed by atoms with van der Waals surface area (Å²) in [5.41, 5.74) is 2.86. The Kier molecular flexibility index (Phi) is 7.90. The summed E-state index contributed by atoms with van der Waals surface area (Å²) >= 11 is 18.7. The molecule has 2 atom stereocenters. The molecule has 0 aromatic heterocycles. The second kappa shape index (κ2) is 10.9. The number of hydrogen-bond donors (Lipinski definition) is 0. The lowest BCUT2D eigenvalue weighted by Crippen LogP contribution is -2.41. The number of ether oxygens (including phenoxy) is 2. The van der Waals surface area contributed by atoms with Crippen molar-refractivity contribution in [3.63, 3.8) is 0 Å². The molecule has 1 saturated heterocycles. The first-order valence-corrected chi connectivity index (χ1v) is 12.3. The molecule has 1 fully saturated rings. The van der Waals surface area contributed by atoms with Crippen LogP contribution < -0.4 is 4.74 Å². The Morgan fingerprint density at radius 3 is 2.34 bits per heavy atom. The Bertz CT molecular complexity index is 1250. The number of carbonyl (C=O) groups excluding carboxylic acids is 2. The number of amides is 1. The van der Waals surface area contributed by atoms with Crippen molar-refractivity contribution in [3.05, 3.63) is 98.0 Å². The highest BCUT2D eigenvalue weighted by atomic mass is 35.5. The molecule has 0 radical (unpaired) electrons. The van der Waals surface area contributed by atoms with Crippen LogP contribution in [0.2, 0.25) is 15.1 Å². The fourth-order valence-electron chi connectivity index (χ4n) is 4.26. The Morgan fingerprint density at radius 2 is 1.69 bits per heavy atom. The van der Waals surface area contributed by atoms with Crippen molar-refractivity contribution in [2.45, 2.75) is 31.9 Å². The van der Waals surface area contributed by atoms with E-state index in [1.54, 1.807) is 47.4 Å². The first-order chi connectivity index (χ1) is 16.8. The molecule has 1 heterocycles. The number of hydrogen-bond acceptors (Lipinski definition) is 4. The summed E-state index contributed by atoms with van der Waals surface area (Å²) in [4.78, 5) is 26.8. The molecule has 1 aliphatic heterocycles. The van der Waals surface area contributed by atoms with Crippen LogP contribution in [0.3, 0.4) is 0 Å². The molecule has 8 heteroatoms. The van der Waals surface area contributed by atoms with Crippen molar-refractivity contribution in [2.24, 2.45) is 0 Å². The zero-order chi connectivity index (χ0) is 25.1. The van der Waals surface area contributed by atoms with Crippen molar-refractivity contribution < 1.29 is 19.1 Å². The van der Waals surface area contributed by atoms with Gasteiger partial charge in [0.25, 0.3) is 5.91 Å². The number of rotatable bonds is 6. The van der Waals surface area contributed by atoms with E-state index in [-0.39, 0.29) is 5.91 Å². The maximum absolute atomic E-state index is 13.1. The monoisotopic (exact) mass is 531 g/mol. The molecule has 0 saturated carbocycles. The van der Waals surface area contributed by atoms with Crippen LogP contribution in [0.5, 0.6) is 5.75 Å². The van der Waals surface area contributed by atoms with E-state index in [2.05, 4.69) is 0 Å². The molecule has 0 aliphatic carbocycles. The zero-order valence-corrected chi connectivity index (χ0v) is 21.5. The average molecular weight is 533 g/mol. The van der Waals surface area contributed by atoms with Crippen molar-refractivity contribution in [1.82, 2.24) is 4.90 Å². The fraction of sp³-hybridized carbons (Fsp3) is 0.259. The van der Waals surface area contributed by atoms with E-state index >= 15 is 0 Å². The number of carbonyl (C=O) groups is 2. The average Bonchev–Trinajstić information content (AvgIpc) is 3.33. The zero-order valence-electron chi connectivity index (χ0n) is 19.3. The van der Waals surface area contributed by atoms with Crippen LogP contribution in [0.1, 0.15) is 46.0 Å². The van der Waals surface area contributed by atoms with Gasteiger partial charge in [-0.3, -0.25) is 4.79 Å². The molecule has 1 amide bonds. The van der Waals surface area contributed by atoms with E-state index < -0.39 is 18.1 Å². The van der Waals surface area contributed by atoms with Gasteiger partial charge in [-0.05, 0) is 73.4 Å². The van der Waals surface area contributed by atoms with Gasteiger partial charge < -0.3 is 14.4 Å². The molecule has 182 valence electrons. The van der Waals surface area contributed by atoms with Crippen molar-refractivity contribution in [3.8, 4) is 5.75 Å². The maximum atomic E-state index is 13.1. The summed E-state index contributed by atoms with van der Waals surface area (Å²) < 4.78 is 11.3. The molecule has 0 spiro atoms. The summed E-state index contributed by atoms with van der Waals surface area (Å²) in [5.74, 6) is -0.000761. The Balaban J connectivity index is 1.63. The Hall–Kier alpha value is -2.73. The van der Waals surface area contributed by atoms with Gasteiger partial charge in [0, 0.05) is 32.7 Å². The highest BCUT2D eigenvalue weighted by molar-refractivity contribution is 6.35. The third kappa shape index (κ3) is 5.58. The number of methoxy groups -OCH3 is 1. The second-order valence-corrected chi connectivity index (χ2v) is 9.66. The predicted octanol–water partition coefficient (Wildman–Crippen LogP) is 6.90. The van der Waals surface area contributed by atoms with Crippen LogP contribution in [0.15, 0.2) is 60.7 Å². The molecule has 0 bridgehead atoms. The highest BCUT2D eigenvalue weighted by Gasteiger charge is 2.35. The molecule has 1 unspecified atom stereocenters. The van der Waals surface area contributed by atoms with E-state index in [0.717, 1.165) is 23.1 Å². The topological polar surface area (TPSA) is 55.8 Å². The first-order valence-electron chi connectivity index (χ1n) is 11.1. The number of benzene rings is 3. The van der Waals surface area contributed by atoms with Gasteiger partial charge in [-0.1, -0.05) is 53.0 Å². The number of halogens is 3.